The predicted molar refractivity (Wildman–Crippen MR) is 150 cm³/mol. The Morgan fingerprint density at radius 3 is 1.50 bits per heavy atom. The van der Waals surface area contributed by atoms with Crippen molar-refractivity contribution in [2.75, 3.05) is 6.61 Å². The summed E-state index contributed by atoms with van der Waals surface area (Å²) in [5.41, 5.74) is 2.77. The van der Waals surface area contributed by atoms with Crippen molar-refractivity contribution in [3.63, 3.8) is 0 Å². The minimum absolute atomic E-state index is 0. The fraction of sp³-hybridized carbons (Fsp3) is 0.345. The van der Waals surface area contributed by atoms with Gasteiger partial charge in [0.2, 0.25) is 12.2 Å². The van der Waals surface area contributed by atoms with Crippen LogP contribution in [0.2, 0.25) is 0 Å². The zero-order valence-electron chi connectivity index (χ0n) is 21.6. The summed E-state index contributed by atoms with van der Waals surface area (Å²) in [7, 11) is 0. The van der Waals surface area contributed by atoms with E-state index in [4.69, 9.17) is 63.9 Å². The van der Waals surface area contributed by atoms with Gasteiger partial charge in [-0.1, -0.05) is 126 Å². The Hall–Kier alpha value is -0.758. The van der Waals surface area contributed by atoms with Gasteiger partial charge in [0.05, 0.1) is 26.4 Å². The number of benzene rings is 3. The molecule has 1 aliphatic rings. The van der Waals surface area contributed by atoms with E-state index < -0.39 is 47.0 Å². The minimum Gasteiger partial charge on any atom is -0.445 e. The van der Waals surface area contributed by atoms with E-state index in [-0.39, 0.29) is 63.9 Å². The van der Waals surface area contributed by atoms with Gasteiger partial charge in [-0.05, 0) is 16.7 Å². The first-order valence-corrected chi connectivity index (χ1v) is 13.5. The van der Waals surface area contributed by atoms with Crippen molar-refractivity contribution in [1.29, 1.82) is 5.41 Å². The van der Waals surface area contributed by atoms with Gasteiger partial charge in [0.15, 0.2) is 0 Å². The maximum absolute atomic E-state index is 10.3. The topological polar surface area (TPSA) is 90.2 Å². The summed E-state index contributed by atoms with van der Waals surface area (Å²) in [6.45, 7) is 0.263. The SMILES string of the molecule is N=C(O[C@H]1OC(CO)[C@@H](OCc2ccccc2)C(OCc2ccccc2)C1OCc1ccccc1)C(Cl)(Cl)Cl.[Ac]. The van der Waals surface area contributed by atoms with Gasteiger partial charge in [-0.3, -0.25) is 5.41 Å². The molecule has 1 radical (unpaired) electrons. The Balaban J connectivity index is 0.00000441. The van der Waals surface area contributed by atoms with Crippen LogP contribution < -0.4 is 0 Å². The quantitative estimate of drug-likeness (QED) is 0.144. The van der Waals surface area contributed by atoms with Crippen molar-refractivity contribution in [2.45, 2.75) is 54.3 Å². The van der Waals surface area contributed by atoms with Crippen LogP contribution in [0, 0.1) is 49.5 Å². The number of halogens is 3. The monoisotopic (exact) mass is 820 g/mol. The molecule has 7 nitrogen and oxygen atoms in total. The largest absolute Gasteiger partial charge is 0.445 e. The molecule has 3 aromatic rings. The van der Waals surface area contributed by atoms with E-state index in [1.165, 1.54) is 0 Å². The van der Waals surface area contributed by atoms with Crippen LogP contribution in [0.25, 0.3) is 0 Å². The molecule has 1 aliphatic heterocycles. The molecule has 0 bridgehead atoms. The molecule has 0 aliphatic carbocycles. The zero-order chi connectivity index (χ0) is 27.7. The Bertz CT molecular complexity index is 1160. The van der Waals surface area contributed by atoms with Gasteiger partial charge in [-0.15, -0.1) is 0 Å². The molecule has 5 atom stereocenters. The van der Waals surface area contributed by atoms with E-state index >= 15 is 0 Å². The van der Waals surface area contributed by atoms with E-state index in [9.17, 15) is 5.11 Å². The van der Waals surface area contributed by atoms with Crippen molar-refractivity contribution in [3.05, 3.63) is 108 Å². The Labute approximate surface area is 285 Å². The predicted octanol–water partition coefficient (Wildman–Crippen LogP) is 5.82. The molecule has 3 aromatic carbocycles. The molecule has 1 fully saturated rings. The Morgan fingerprint density at radius 2 is 1.10 bits per heavy atom. The van der Waals surface area contributed by atoms with Gasteiger partial charge in [-0.25, -0.2) is 0 Å². The molecule has 1 heterocycles. The van der Waals surface area contributed by atoms with Crippen LogP contribution in [0.5, 0.6) is 0 Å². The van der Waals surface area contributed by atoms with Crippen molar-refractivity contribution in [2.24, 2.45) is 0 Å². The molecule has 3 unspecified atom stereocenters. The number of aliphatic hydroxyl groups excluding tert-OH is 1. The first-order chi connectivity index (χ1) is 18.8. The van der Waals surface area contributed by atoms with E-state index in [2.05, 4.69) is 0 Å². The van der Waals surface area contributed by atoms with Crippen LogP contribution in [-0.4, -0.2) is 52.1 Å². The van der Waals surface area contributed by atoms with Gasteiger partial charge in [0, 0.05) is 44.1 Å². The van der Waals surface area contributed by atoms with E-state index in [0.717, 1.165) is 16.7 Å². The molecule has 0 spiro atoms. The van der Waals surface area contributed by atoms with Crippen molar-refractivity contribution < 1.29 is 72.9 Å². The standard InChI is InChI=1S/C29H30Cl3NO6.Ac/c30-29(31,32)28(33)39-27-26(37-19-22-14-8-3-9-15-22)25(36-18-21-12-6-2-7-13-21)24(23(16-34)38-27)35-17-20-10-4-1-5-11-20;/h1-15,23-27,33-34H,16-19H2;/t23?,24-,25?,26?,27-;/m1./s1. The van der Waals surface area contributed by atoms with Crippen LogP contribution >= 0.6 is 34.8 Å². The summed E-state index contributed by atoms with van der Waals surface area (Å²) < 4.78 is 28.6. The molecular weight excluding hydrogens is 792 g/mol. The Morgan fingerprint density at radius 1 is 0.700 bits per heavy atom. The number of alkyl halides is 3. The fourth-order valence-electron chi connectivity index (χ4n) is 4.17. The van der Waals surface area contributed by atoms with Gasteiger partial charge >= 0.3 is 0 Å². The first kappa shape index (κ1) is 33.7. The average molecular weight is 822 g/mol. The normalized spacial score (nSPS) is 22.8. The van der Waals surface area contributed by atoms with E-state index in [0.29, 0.717) is 0 Å². The minimum atomic E-state index is -2.12. The second-order valence-corrected chi connectivity index (χ2v) is 11.2. The van der Waals surface area contributed by atoms with Crippen LogP contribution in [0.1, 0.15) is 16.7 Å². The average Bonchev–Trinajstić information content (AvgIpc) is 2.95. The maximum atomic E-state index is 10.3. The first-order valence-electron chi connectivity index (χ1n) is 12.4. The van der Waals surface area contributed by atoms with Crippen LogP contribution in [0.4, 0.5) is 0 Å². The third-order valence-corrected chi connectivity index (χ3v) is 6.63. The molecule has 0 saturated carbocycles. The molecule has 2 N–H and O–H groups in total. The molecule has 0 aromatic heterocycles. The van der Waals surface area contributed by atoms with Gasteiger partial charge in [-0.2, -0.15) is 0 Å². The van der Waals surface area contributed by atoms with E-state index in [1.807, 2.05) is 91.0 Å². The molecule has 211 valence electrons. The summed E-state index contributed by atoms with van der Waals surface area (Å²) in [5.74, 6) is -0.645. The molecule has 4 rings (SSSR count). The summed E-state index contributed by atoms with van der Waals surface area (Å²) in [6.07, 6.45) is -4.55. The number of ether oxygens (including phenoxy) is 5. The van der Waals surface area contributed by atoms with Crippen molar-refractivity contribution in [1.82, 2.24) is 0 Å². The second-order valence-electron chi connectivity index (χ2n) is 8.95. The second kappa shape index (κ2) is 16.8. The van der Waals surface area contributed by atoms with Crippen molar-refractivity contribution in [3.8, 4) is 0 Å². The fourth-order valence-corrected chi connectivity index (χ4v) is 4.30. The number of hydrogen-bond donors (Lipinski definition) is 2. The van der Waals surface area contributed by atoms with E-state index in [1.54, 1.807) is 0 Å². The van der Waals surface area contributed by atoms with Crippen molar-refractivity contribution >= 4 is 40.7 Å². The number of aliphatic hydroxyl groups is 1. The smallest absolute Gasteiger partial charge is 0.265 e. The molecule has 11 heteroatoms. The third-order valence-electron chi connectivity index (χ3n) is 6.12. The van der Waals surface area contributed by atoms with Gasteiger partial charge in [0.25, 0.3) is 3.79 Å². The number of rotatable bonds is 11. The molecule has 40 heavy (non-hydrogen) atoms. The third kappa shape index (κ3) is 9.91. The van der Waals surface area contributed by atoms with Crippen LogP contribution in [0.15, 0.2) is 91.0 Å². The maximum Gasteiger partial charge on any atom is 0.265 e. The van der Waals surface area contributed by atoms with Gasteiger partial charge in [0.1, 0.15) is 24.4 Å². The summed E-state index contributed by atoms with van der Waals surface area (Å²) in [4.78, 5) is 0. The molecule has 1 saturated heterocycles. The summed E-state index contributed by atoms with van der Waals surface area (Å²) >= 11 is 17.7. The molecular formula is C29H30AcCl3NO6. The Kier molecular flexibility index (Phi) is 14.1. The van der Waals surface area contributed by atoms with Crippen LogP contribution in [-0.2, 0) is 43.5 Å². The summed E-state index contributed by atoms with van der Waals surface area (Å²) in [5, 5.41) is 18.4. The summed E-state index contributed by atoms with van der Waals surface area (Å²) in [6, 6.07) is 28.8. The number of hydrogen-bond acceptors (Lipinski definition) is 7. The number of nitrogens with one attached hydrogen (secondary N) is 1. The van der Waals surface area contributed by atoms with Gasteiger partial charge < -0.3 is 28.8 Å². The van der Waals surface area contributed by atoms with Crippen LogP contribution in [0.3, 0.4) is 0 Å². The molecule has 0 amide bonds. The zero-order valence-corrected chi connectivity index (χ0v) is 28.6.